The minimum Gasteiger partial charge on any atom is -0.481 e. The summed E-state index contributed by atoms with van der Waals surface area (Å²) in [7, 11) is -4.54. The molecule has 0 rings (SSSR count). The first kappa shape index (κ1) is 23.9. The highest BCUT2D eigenvalue weighted by molar-refractivity contribution is 7.50. The Morgan fingerprint density at radius 1 is 1.04 bits per heavy atom. The van der Waals surface area contributed by atoms with Gasteiger partial charge in [0.25, 0.3) is 0 Å². The lowest BCUT2D eigenvalue weighted by molar-refractivity contribution is -0.141. The number of carbonyl (C=O) groups is 4. The third kappa shape index (κ3) is 11.5. The van der Waals surface area contributed by atoms with Crippen LogP contribution in [-0.4, -0.2) is 69.3 Å². The Kier molecular flexibility index (Phi) is 10.6. The van der Waals surface area contributed by atoms with Crippen molar-refractivity contribution in [1.82, 2.24) is 10.4 Å². The Labute approximate surface area is 148 Å². The average molecular weight is 399 g/mol. The Balaban J connectivity index is 4.20. The zero-order chi connectivity index (χ0) is 20.3. The highest BCUT2D eigenvalue weighted by atomic mass is 31.2. The lowest BCUT2D eigenvalue weighted by Gasteiger charge is -2.18. The maximum atomic E-state index is 11.7. The van der Waals surface area contributed by atoms with Gasteiger partial charge in [-0.15, -0.1) is 0 Å². The number of aliphatic carboxylic acids is 3. The highest BCUT2D eigenvalue weighted by Gasteiger charge is 2.29. The summed E-state index contributed by atoms with van der Waals surface area (Å²) in [4.78, 5) is 52.8. The lowest BCUT2D eigenvalue weighted by Crippen LogP contribution is -2.36. The molecule has 14 heteroatoms. The Morgan fingerprint density at radius 2 is 1.65 bits per heavy atom. The second-order valence-electron chi connectivity index (χ2n) is 5.14. The third-order valence-corrected chi connectivity index (χ3v) is 4.12. The van der Waals surface area contributed by atoms with Gasteiger partial charge in [-0.3, -0.25) is 23.7 Å². The van der Waals surface area contributed by atoms with Crippen molar-refractivity contribution in [3.05, 3.63) is 0 Å². The second kappa shape index (κ2) is 11.5. The summed E-state index contributed by atoms with van der Waals surface area (Å²) in [6.07, 6.45) is -1.22. The first-order valence-electron chi connectivity index (χ1n) is 7.39. The van der Waals surface area contributed by atoms with Crippen molar-refractivity contribution in [2.45, 2.75) is 37.8 Å². The van der Waals surface area contributed by atoms with E-state index in [0.717, 1.165) is 0 Å². The smallest absolute Gasteiger partial charge is 0.403 e. The number of nitrogens with two attached hydrogens (primary N) is 1. The number of carboxylic acids is 3. The first-order chi connectivity index (χ1) is 11.9. The molecule has 0 saturated heterocycles. The van der Waals surface area contributed by atoms with Crippen LogP contribution in [0.3, 0.4) is 0 Å². The molecule has 13 nitrogen and oxygen atoms in total. The van der Waals surface area contributed by atoms with Crippen LogP contribution >= 0.6 is 7.75 Å². The van der Waals surface area contributed by atoms with Gasteiger partial charge in [0.1, 0.15) is 12.1 Å². The zero-order valence-electron chi connectivity index (χ0n) is 13.7. The van der Waals surface area contributed by atoms with Crippen LogP contribution in [-0.2, 0) is 28.3 Å². The summed E-state index contributed by atoms with van der Waals surface area (Å²) < 4.78 is 16.3. The number of amides is 1. The van der Waals surface area contributed by atoms with Crippen LogP contribution in [0.15, 0.2) is 0 Å². The molecule has 0 aliphatic heterocycles. The van der Waals surface area contributed by atoms with Crippen molar-refractivity contribution in [1.29, 1.82) is 0 Å². The van der Waals surface area contributed by atoms with Gasteiger partial charge >= 0.3 is 25.7 Å². The quantitative estimate of drug-likeness (QED) is 0.128. The highest BCUT2D eigenvalue weighted by Crippen LogP contribution is 2.37. The SMILES string of the molecule is N[C@@H](CCC(=O)NCCOP(=O)(O)N[C@@H](CCC(=O)O)C(=O)O)C(=O)O. The maximum Gasteiger partial charge on any atom is 0.403 e. The summed E-state index contributed by atoms with van der Waals surface area (Å²) in [5.41, 5.74) is 5.22. The van der Waals surface area contributed by atoms with E-state index in [2.05, 4.69) is 9.84 Å². The van der Waals surface area contributed by atoms with E-state index in [1.807, 2.05) is 5.09 Å². The summed E-state index contributed by atoms with van der Waals surface area (Å²) in [5, 5.41) is 30.1. The molecule has 0 bridgehead atoms. The molecule has 150 valence electrons. The van der Waals surface area contributed by atoms with Crippen molar-refractivity contribution < 1.29 is 48.5 Å². The number of nitrogens with one attached hydrogen (secondary N) is 2. The molecule has 0 heterocycles. The molecule has 0 radical (unpaired) electrons. The molecule has 1 amide bonds. The first-order valence-corrected chi connectivity index (χ1v) is 8.97. The molecule has 0 aromatic carbocycles. The summed E-state index contributed by atoms with van der Waals surface area (Å²) in [6.45, 7) is -0.636. The molecule has 0 aromatic rings. The molecule has 0 spiro atoms. The van der Waals surface area contributed by atoms with Gasteiger partial charge in [0.2, 0.25) is 5.91 Å². The molecule has 0 aliphatic rings. The van der Waals surface area contributed by atoms with Crippen molar-refractivity contribution >= 4 is 31.6 Å². The van der Waals surface area contributed by atoms with Gasteiger partial charge in [0, 0.05) is 19.4 Å². The third-order valence-electron chi connectivity index (χ3n) is 2.95. The van der Waals surface area contributed by atoms with Crippen molar-refractivity contribution in [2.24, 2.45) is 5.73 Å². The van der Waals surface area contributed by atoms with Crippen LogP contribution < -0.4 is 16.1 Å². The molecular weight excluding hydrogens is 377 g/mol. The summed E-state index contributed by atoms with van der Waals surface area (Å²) in [5.74, 6) is -4.58. The van der Waals surface area contributed by atoms with Crippen molar-refractivity contribution in [3.63, 3.8) is 0 Å². The van der Waals surface area contributed by atoms with Gasteiger partial charge in [0.15, 0.2) is 0 Å². The predicted octanol–water partition coefficient (Wildman–Crippen LogP) is -1.68. The van der Waals surface area contributed by atoms with E-state index in [-0.39, 0.29) is 19.4 Å². The maximum absolute atomic E-state index is 11.7. The van der Waals surface area contributed by atoms with E-state index >= 15 is 0 Å². The normalized spacial score (nSPS) is 15.5. The summed E-state index contributed by atoms with van der Waals surface area (Å²) in [6, 6.07) is -2.79. The number of carbonyl (C=O) groups excluding carboxylic acids is 1. The van der Waals surface area contributed by atoms with Crippen molar-refractivity contribution in [3.8, 4) is 0 Å². The van der Waals surface area contributed by atoms with Gasteiger partial charge in [-0.2, -0.15) is 0 Å². The van der Waals surface area contributed by atoms with Crippen molar-refractivity contribution in [2.75, 3.05) is 13.2 Å². The van der Waals surface area contributed by atoms with Crippen LogP contribution in [0.5, 0.6) is 0 Å². The molecule has 0 fully saturated rings. The second-order valence-corrected chi connectivity index (χ2v) is 6.70. The number of rotatable bonds is 14. The van der Waals surface area contributed by atoms with E-state index < -0.39 is 63.1 Å². The topological polar surface area (TPSA) is 226 Å². The number of hydrogen-bond donors (Lipinski definition) is 7. The zero-order valence-corrected chi connectivity index (χ0v) is 14.6. The fraction of sp³-hybridized carbons (Fsp3) is 0.667. The summed E-state index contributed by atoms with van der Waals surface area (Å²) >= 11 is 0. The van der Waals surface area contributed by atoms with Crippen LogP contribution in [0.25, 0.3) is 0 Å². The van der Waals surface area contributed by atoms with Crippen LogP contribution in [0.1, 0.15) is 25.7 Å². The van der Waals surface area contributed by atoms with E-state index in [4.69, 9.17) is 21.1 Å². The van der Waals surface area contributed by atoms with E-state index in [9.17, 15) is 28.6 Å². The Hall–Kier alpha value is -2.05. The van der Waals surface area contributed by atoms with Crippen LogP contribution in [0.2, 0.25) is 0 Å². The van der Waals surface area contributed by atoms with Crippen LogP contribution in [0.4, 0.5) is 0 Å². The average Bonchev–Trinajstić information content (AvgIpc) is 2.52. The largest absolute Gasteiger partial charge is 0.481 e. The standard InChI is InChI=1S/C12H22N3O10P/c13-7(11(19)20)1-3-9(16)14-5-6-25-26(23,24)15-8(12(21)22)2-4-10(17)18/h7-8H,1-6,13H2,(H,14,16)(H,17,18)(H,19,20)(H,21,22)(H2,15,23,24)/t7-,8-/m0/s1. The molecule has 0 aromatic heterocycles. The van der Waals surface area contributed by atoms with Gasteiger partial charge in [0.05, 0.1) is 6.61 Å². The fourth-order valence-corrected chi connectivity index (χ4v) is 2.65. The molecule has 26 heavy (non-hydrogen) atoms. The fourth-order valence-electron chi connectivity index (χ4n) is 1.60. The Bertz CT molecular complexity index is 569. The monoisotopic (exact) mass is 399 g/mol. The van der Waals surface area contributed by atoms with E-state index in [1.165, 1.54) is 0 Å². The molecular formula is C12H22N3O10P. The predicted molar refractivity (Wildman–Crippen MR) is 85.1 cm³/mol. The van der Waals surface area contributed by atoms with Gasteiger partial charge in [-0.1, -0.05) is 0 Å². The number of carboxylic acid groups (broad SMARTS) is 3. The minimum atomic E-state index is -4.54. The lowest BCUT2D eigenvalue weighted by atomic mass is 10.1. The number of hydrogen-bond acceptors (Lipinski definition) is 7. The Morgan fingerprint density at radius 3 is 2.15 bits per heavy atom. The molecule has 0 saturated carbocycles. The van der Waals surface area contributed by atoms with Gasteiger partial charge in [-0.05, 0) is 12.8 Å². The molecule has 8 N–H and O–H groups in total. The van der Waals surface area contributed by atoms with Crippen LogP contribution in [0, 0.1) is 0 Å². The molecule has 3 atom stereocenters. The molecule has 1 unspecified atom stereocenters. The van der Waals surface area contributed by atoms with E-state index in [0.29, 0.717) is 0 Å². The van der Waals surface area contributed by atoms with Gasteiger partial charge < -0.3 is 31.3 Å². The van der Waals surface area contributed by atoms with Gasteiger partial charge in [-0.25, -0.2) is 9.65 Å². The minimum absolute atomic E-state index is 0.0913. The van der Waals surface area contributed by atoms with E-state index in [1.54, 1.807) is 0 Å². The molecule has 0 aliphatic carbocycles.